The van der Waals surface area contributed by atoms with E-state index in [1.807, 2.05) is 0 Å². The molecule has 1 saturated carbocycles. The Morgan fingerprint density at radius 3 is 2.74 bits per heavy atom. The summed E-state index contributed by atoms with van der Waals surface area (Å²) in [5.41, 5.74) is 1.32. The fraction of sp³-hybridized carbons (Fsp3) is 0.556. The van der Waals surface area contributed by atoms with Gasteiger partial charge in [0.2, 0.25) is 0 Å². The first-order valence-corrected chi connectivity index (χ1v) is 7.87. The highest BCUT2D eigenvalue weighted by atomic mass is 15.2. The lowest BCUT2D eigenvalue weighted by Gasteiger charge is -2.23. The topological polar surface area (TPSA) is 3.24 Å². The Morgan fingerprint density at radius 1 is 1.11 bits per heavy atom. The zero-order chi connectivity index (χ0) is 12.9. The molecule has 1 nitrogen and oxygen atoms in total. The highest BCUT2D eigenvalue weighted by molar-refractivity contribution is 5.48. The predicted molar refractivity (Wildman–Crippen MR) is 82.0 cm³/mol. The van der Waals surface area contributed by atoms with Gasteiger partial charge in [0.15, 0.2) is 0 Å². The van der Waals surface area contributed by atoms with Crippen LogP contribution in [0.25, 0.3) is 6.08 Å². The summed E-state index contributed by atoms with van der Waals surface area (Å²) < 4.78 is 0. The van der Waals surface area contributed by atoms with E-state index in [9.17, 15) is 0 Å². The second-order valence-corrected chi connectivity index (χ2v) is 6.11. The maximum absolute atomic E-state index is 2.73. The fourth-order valence-corrected chi connectivity index (χ4v) is 3.14. The summed E-state index contributed by atoms with van der Waals surface area (Å²) in [5, 5.41) is 0. The number of nitrogens with zero attached hydrogens (tertiary/aromatic N) is 1. The molecule has 0 N–H and O–H groups in total. The molecule has 1 aromatic carbocycles. The normalized spacial score (nSPS) is 24.3. The summed E-state index contributed by atoms with van der Waals surface area (Å²) in [6.07, 6.45) is 13.1. The maximum Gasteiger partial charge on any atom is 0.0130 e. The number of benzene rings is 1. The van der Waals surface area contributed by atoms with Gasteiger partial charge in [-0.25, -0.2) is 0 Å². The van der Waals surface area contributed by atoms with Crippen molar-refractivity contribution < 1.29 is 0 Å². The van der Waals surface area contributed by atoms with E-state index in [-0.39, 0.29) is 0 Å². The van der Waals surface area contributed by atoms with Crippen molar-refractivity contribution in [3.05, 3.63) is 42.0 Å². The fourth-order valence-electron chi connectivity index (χ4n) is 3.14. The molecule has 1 aliphatic carbocycles. The van der Waals surface area contributed by atoms with Crippen LogP contribution in [-0.2, 0) is 0 Å². The molecule has 1 aliphatic heterocycles. The molecule has 1 unspecified atom stereocenters. The van der Waals surface area contributed by atoms with Crippen LogP contribution in [0.3, 0.4) is 0 Å². The Balaban J connectivity index is 1.46. The minimum atomic E-state index is 0.804. The largest absolute Gasteiger partial charge is 0.300 e. The van der Waals surface area contributed by atoms with Crippen LogP contribution in [-0.4, -0.2) is 24.0 Å². The van der Waals surface area contributed by atoms with Crippen LogP contribution in [0, 0.1) is 5.92 Å². The van der Waals surface area contributed by atoms with Crippen LogP contribution >= 0.6 is 0 Å². The highest BCUT2D eigenvalue weighted by Gasteiger charge is 2.26. The van der Waals surface area contributed by atoms with Gasteiger partial charge in [0.1, 0.15) is 0 Å². The number of rotatable bonds is 6. The average Bonchev–Trinajstić information content (AvgIpc) is 3.17. The molecule has 1 aromatic rings. The SMILES string of the molecule is C(=C\c1ccccc1)/CC1CCCN1CCC1CC1. The Labute approximate surface area is 117 Å². The van der Waals surface area contributed by atoms with Crippen molar-refractivity contribution in [2.24, 2.45) is 5.92 Å². The first-order valence-electron chi connectivity index (χ1n) is 7.87. The summed E-state index contributed by atoms with van der Waals surface area (Å²) in [4.78, 5) is 2.73. The van der Waals surface area contributed by atoms with E-state index in [2.05, 4.69) is 47.4 Å². The molecule has 0 aromatic heterocycles. The zero-order valence-electron chi connectivity index (χ0n) is 11.8. The van der Waals surface area contributed by atoms with Crippen molar-refractivity contribution in [1.29, 1.82) is 0 Å². The van der Waals surface area contributed by atoms with Gasteiger partial charge in [-0.15, -0.1) is 0 Å². The number of hydrogen-bond acceptors (Lipinski definition) is 1. The van der Waals surface area contributed by atoms with Gasteiger partial charge >= 0.3 is 0 Å². The molecule has 3 rings (SSSR count). The van der Waals surface area contributed by atoms with Gasteiger partial charge in [-0.05, 0) is 50.3 Å². The molecular formula is C18H25N. The molecule has 0 amide bonds. The molecule has 19 heavy (non-hydrogen) atoms. The Hall–Kier alpha value is -1.08. The lowest BCUT2D eigenvalue weighted by Crippen LogP contribution is -2.30. The maximum atomic E-state index is 2.73. The van der Waals surface area contributed by atoms with E-state index in [0.29, 0.717) is 0 Å². The lowest BCUT2D eigenvalue weighted by atomic mass is 10.1. The van der Waals surface area contributed by atoms with Gasteiger partial charge in [-0.2, -0.15) is 0 Å². The van der Waals surface area contributed by atoms with E-state index in [0.717, 1.165) is 12.0 Å². The number of hydrogen-bond donors (Lipinski definition) is 0. The van der Waals surface area contributed by atoms with Gasteiger partial charge in [-0.1, -0.05) is 55.3 Å². The van der Waals surface area contributed by atoms with Gasteiger partial charge in [0.05, 0.1) is 0 Å². The van der Waals surface area contributed by atoms with Crippen molar-refractivity contribution in [3.63, 3.8) is 0 Å². The Kier molecular flexibility index (Phi) is 4.34. The third-order valence-corrected chi connectivity index (χ3v) is 4.54. The van der Waals surface area contributed by atoms with Crippen molar-refractivity contribution in [1.82, 2.24) is 4.90 Å². The lowest BCUT2D eigenvalue weighted by molar-refractivity contribution is 0.247. The molecule has 2 fully saturated rings. The molecule has 102 valence electrons. The van der Waals surface area contributed by atoms with Crippen LogP contribution in [0.5, 0.6) is 0 Å². The first kappa shape index (κ1) is 12.9. The molecular weight excluding hydrogens is 230 g/mol. The van der Waals surface area contributed by atoms with E-state index in [1.165, 1.54) is 57.2 Å². The highest BCUT2D eigenvalue weighted by Crippen LogP contribution is 2.33. The third kappa shape index (κ3) is 3.94. The van der Waals surface area contributed by atoms with E-state index < -0.39 is 0 Å². The van der Waals surface area contributed by atoms with E-state index in [1.54, 1.807) is 0 Å². The molecule has 1 heteroatoms. The first-order chi connectivity index (χ1) is 9.42. The van der Waals surface area contributed by atoms with Crippen LogP contribution in [0.2, 0.25) is 0 Å². The second kappa shape index (κ2) is 6.38. The Bertz CT molecular complexity index is 405. The van der Waals surface area contributed by atoms with Crippen LogP contribution < -0.4 is 0 Å². The number of likely N-dealkylation sites (tertiary alicyclic amines) is 1. The van der Waals surface area contributed by atoms with Crippen LogP contribution in [0.1, 0.15) is 44.1 Å². The predicted octanol–water partition coefficient (Wildman–Crippen LogP) is 4.35. The summed E-state index contributed by atoms with van der Waals surface area (Å²) >= 11 is 0. The average molecular weight is 255 g/mol. The van der Waals surface area contributed by atoms with Crippen molar-refractivity contribution in [3.8, 4) is 0 Å². The molecule has 1 saturated heterocycles. The van der Waals surface area contributed by atoms with E-state index >= 15 is 0 Å². The van der Waals surface area contributed by atoms with Crippen LogP contribution in [0.4, 0.5) is 0 Å². The van der Waals surface area contributed by atoms with Crippen molar-refractivity contribution in [2.45, 2.75) is 44.6 Å². The minimum Gasteiger partial charge on any atom is -0.300 e. The summed E-state index contributed by atoms with van der Waals surface area (Å²) in [6, 6.07) is 11.5. The third-order valence-electron chi connectivity index (χ3n) is 4.54. The molecule has 1 atom stereocenters. The zero-order valence-corrected chi connectivity index (χ0v) is 11.8. The van der Waals surface area contributed by atoms with Gasteiger partial charge in [0, 0.05) is 6.04 Å². The minimum absolute atomic E-state index is 0.804. The summed E-state index contributed by atoms with van der Waals surface area (Å²) in [7, 11) is 0. The summed E-state index contributed by atoms with van der Waals surface area (Å²) in [5.74, 6) is 1.07. The molecule has 0 radical (unpaired) electrons. The smallest absolute Gasteiger partial charge is 0.0130 e. The van der Waals surface area contributed by atoms with Gasteiger partial charge in [-0.3, -0.25) is 0 Å². The van der Waals surface area contributed by atoms with Crippen molar-refractivity contribution in [2.75, 3.05) is 13.1 Å². The molecule has 2 aliphatic rings. The van der Waals surface area contributed by atoms with E-state index in [4.69, 9.17) is 0 Å². The quantitative estimate of drug-likeness (QED) is 0.730. The standard InChI is InChI=1S/C18H25N/c1-2-6-16(7-3-1)8-4-9-18-10-5-14-19(18)15-13-17-11-12-17/h1-4,6-8,17-18H,5,9-15H2/b8-4+. The van der Waals surface area contributed by atoms with Gasteiger partial charge in [0.25, 0.3) is 0 Å². The summed E-state index contributed by atoms with van der Waals surface area (Å²) in [6.45, 7) is 2.67. The Morgan fingerprint density at radius 2 is 1.95 bits per heavy atom. The monoisotopic (exact) mass is 255 g/mol. The molecule has 0 spiro atoms. The second-order valence-electron chi connectivity index (χ2n) is 6.11. The molecule has 0 bridgehead atoms. The van der Waals surface area contributed by atoms with Crippen molar-refractivity contribution >= 4 is 6.08 Å². The van der Waals surface area contributed by atoms with Crippen LogP contribution in [0.15, 0.2) is 36.4 Å². The molecule has 1 heterocycles. The van der Waals surface area contributed by atoms with Gasteiger partial charge < -0.3 is 4.90 Å².